The van der Waals surface area contributed by atoms with Crippen molar-refractivity contribution in [3.05, 3.63) is 42.6 Å². The van der Waals surface area contributed by atoms with Gasteiger partial charge in [-0.2, -0.15) is 0 Å². The van der Waals surface area contributed by atoms with Gasteiger partial charge in [0.15, 0.2) is 0 Å². The molecule has 0 aliphatic carbocycles. The minimum absolute atomic E-state index is 0.326. The molecule has 1 atom stereocenters. The van der Waals surface area contributed by atoms with Gasteiger partial charge in [-0.3, -0.25) is 10.0 Å². The molecule has 0 spiro atoms. The van der Waals surface area contributed by atoms with E-state index in [4.69, 9.17) is 0 Å². The molecule has 13 heavy (non-hydrogen) atoms. The maximum atomic E-state index is 3.24. The van der Waals surface area contributed by atoms with Crippen LogP contribution in [-0.4, -0.2) is 18.1 Å². The molecule has 0 amide bonds. The van der Waals surface area contributed by atoms with Crippen LogP contribution in [0.25, 0.3) is 0 Å². The van der Waals surface area contributed by atoms with Gasteiger partial charge in [0.1, 0.15) is 0 Å². The Kier molecular flexibility index (Phi) is 1.97. The third kappa shape index (κ3) is 1.39. The summed E-state index contributed by atoms with van der Waals surface area (Å²) in [7, 11) is 2.03. The van der Waals surface area contributed by atoms with Crippen molar-refractivity contribution >= 4 is 5.69 Å². The molecule has 1 aliphatic heterocycles. The molecule has 2 rings (SSSR count). The van der Waals surface area contributed by atoms with Crippen LogP contribution in [0.2, 0.25) is 0 Å². The van der Waals surface area contributed by atoms with Crippen molar-refractivity contribution in [3.8, 4) is 0 Å². The van der Waals surface area contributed by atoms with Gasteiger partial charge in [0.25, 0.3) is 0 Å². The second-order valence-corrected chi connectivity index (χ2v) is 3.23. The average Bonchev–Trinajstić information content (AvgIpc) is 2.48. The van der Waals surface area contributed by atoms with E-state index in [0.717, 1.165) is 0 Å². The van der Waals surface area contributed by atoms with Gasteiger partial charge in [0, 0.05) is 19.3 Å². The van der Waals surface area contributed by atoms with E-state index in [1.807, 2.05) is 31.4 Å². The number of rotatable bonds is 1. The molecule has 1 unspecified atom stereocenters. The molecule has 0 N–H and O–H groups in total. The first kappa shape index (κ1) is 8.17. The molecule has 1 aromatic rings. The van der Waals surface area contributed by atoms with Crippen molar-refractivity contribution in [3.63, 3.8) is 0 Å². The molecule has 0 bridgehead atoms. The zero-order valence-corrected chi connectivity index (χ0v) is 7.94. The van der Waals surface area contributed by atoms with Gasteiger partial charge < -0.3 is 0 Å². The lowest BCUT2D eigenvalue weighted by Crippen LogP contribution is -2.37. The Hall–Kier alpha value is -1.44. The molecular formula is C11H13N2. The Bertz CT molecular complexity index is 293. The fraction of sp³-hybridized carbons (Fsp3) is 0.273. The summed E-state index contributed by atoms with van der Waals surface area (Å²) in [5, 5.41) is 4.25. The lowest BCUT2D eigenvalue weighted by molar-refractivity contribution is 0.425. The number of hydrazine groups is 1. The smallest absolute Gasteiger partial charge is 0.0746 e. The van der Waals surface area contributed by atoms with Gasteiger partial charge in [-0.1, -0.05) is 18.2 Å². The second-order valence-electron chi connectivity index (χ2n) is 3.23. The molecule has 0 saturated carbocycles. The lowest BCUT2D eigenvalue weighted by Gasteiger charge is -2.31. The zero-order chi connectivity index (χ0) is 9.26. The summed E-state index contributed by atoms with van der Waals surface area (Å²) >= 11 is 0. The summed E-state index contributed by atoms with van der Waals surface area (Å²) in [6.07, 6.45) is 5.21. The van der Waals surface area contributed by atoms with Crippen molar-refractivity contribution < 1.29 is 0 Å². The Labute approximate surface area is 79.1 Å². The number of hydrogen-bond donors (Lipinski definition) is 0. The van der Waals surface area contributed by atoms with Crippen LogP contribution in [0.5, 0.6) is 0 Å². The normalized spacial score (nSPS) is 21.2. The molecule has 0 fully saturated rings. The Morgan fingerprint density at radius 1 is 1.23 bits per heavy atom. The number of benzene rings is 1. The molecular weight excluding hydrogens is 160 g/mol. The fourth-order valence-corrected chi connectivity index (χ4v) is 1.61. The molecule has 1 aromatic carbocycles. The van der Waals surface area contributed by atoms with Gasteiger partial charge in [-0.25, -0.2) is 0 Å². The SMILES string of the molecule is CC1[C]=CN(C)N1c1ccccc1. The summed E-state index contributed by atoms with van der Waals surface area (Å²) in [5.41, 5.74) is 1.21. The van der Waals surface area contributed by atoms with Crippen LogP contribution in [0.4, 0.5) is 5.69 Å². The van der Waals surface area contributed by atoms with Gasteiger partial charge in [0.05, 0.1) is 11.7 Å². The van der Waals surface area contributed by atoms with Crippen LogP contribution in [-0.2, 0) is 0 Å². The van der Waals surface area contributed by atoms with Crippen molar-refractivity contribution in [1.29, 1.82) is 0 Å². The number of nitrogens with zero attached hydrogens (tertiary/aromatic N) is 2. The molecule has 1 radical (unpaired) electrons. The average molecular weight is 173 g/mol. The van der Waals surface area contributed by atoms with Crippen molar-refractivity contribution in [2.75, 3.05) is 12.1 Å². The third-order valence-electron chi connectivity index (χ3n) is 2.23. The number of para-hydroxylation sites is 1. The van der Waals surface area contributed by atoms with Crippen molar-refractivity contribution in [1.82, 2.24) is 5.01 Å². The first-order valence-electron chi connectivity index (χ1n) is 4.45. The summed E-state index contributed by atoms with van der Waals surface area (Å²) < 4.78 is 0. The first-order valence-corrected chi connectivity index (χ1v) is 4.45. The minimum atomic E-state index is 0.326. The summed E-state index contributed by atoms with van der Waals surface area (Å²) in [6.45, 7) is 2.13. The highest BCUT2D eigenvalue weighted by molar-refractivity contribution is 5.47. The predicted octanol–water partition coefficient (Wildman–Crippen LogP) is 2.06. The number of hydrogen-bond acceptors (Lipinski definition) is 2. The van der Waals surface area contributed by atoms with E-state index < -0.39 is 0 Å². The maximum Gasteiger partial charge on any atom is 0.0746 e. The Morgan fingerprint density at radius 3 is 2.46 bits per heavy atom. The highest BCUT2D eigenvalue weighted by atomic mass is 15.6. The molecule has 2 heteroatoms. The van der Waals surface area contributed by atoms with Crippen LogP contribution >= 0.6 is 0 Å². The van der Waals surface area contributed by atoms with E-state index in [-0.39, 0.29) is 0 Å². The standard InChI is InChI=1S/C11H13N2/c1-10-8-9-12(2)13(10)11-6-4-3-5-7-11/h3-7,9-10H,1-2H3. The van der Waals surface area contributed by atoms with Crippen LogP contribution in [0.1, 0.15) is 6.92 Å². The topological polar surface area (TPSA) is 6.48 Å². The molecule has 1 aliphatic rings. The molecule has 0 saturated heterocycles. The third-order valence-corrected chi connectivity index (χ3v) is 2.23. The van der Waals surface area contributed by atoms with Crippen molar-refractivity contribution in [2.45, 2.75) is 13.0 Å². The largest absolute Gasteiger partial charge is 0.295 e. The summed E-state index contributed by atoms with van der Waals surface area (Å²) in [4.78, 5) is 0. The maximum absolute atomic E-state index is 3.24. The Balaban J connectivity index is 2.27. The number of anilines is 1. The molecule has 0 aromatic heterocycles. The summed E-state index contributed by atoms with van der Waals surface area (Å²) in [6, 6.07) is 10.7. The van der Waals surface area contributed by atoms with Crippen LogP contribution in [0.3, 0.4) is 0 Å². The van der Waals surface area contributed by atoms with E-state index in [9.17, 15) is 0 Å². The van der Waals surface area contributed by atoms with Gasteiger partial charge >= 0.3 is 0 Å². The van der Waals surface area contributed by atoms with Gasteiger partial charge in [-0.15, -0.1) is 0 Å². The Morgan fingerprint density at radius 2 is 1.92 bits per heavy atom. The monoisotopic (exact) mass is 173 g/mol. The van der Waals surface area contributed by atoms with E-state index in [1.54, 1.807) is 0 Å². The summed E-state index contributed by atoms with van der Waals surface area (Å²) in [5.74, 6) is 0. The molecule has 1 heterocycles. The first-order chi connectivity index (χ1) is 6.29. The van der Waals surface area contributed by atoms with E-state index >= 15 is 0 Å². The molecule has 2 nitrogen and oxygen atoms in total. The quantitative estimate of drug-likeness (QED) is 0.641. The van der Waals surface area contributed by atoms with E-state index in [1.165, 1.54) is 5.69 Å². The zero-order valence-electron chi connectivity index (χ0n) is 7.94. The minimum Gasteiger partial charge on any atom is -0.295 e. The second kappa shape index (κ2) is 3.13. The predicted molar refractivity (Wildman–Crippen MR) is 54.0 cm³/mol. The van der Waals surface area contributed by atoms with Crippen LogP contribution in [0, 0.1) is 6.08 Å². The van der Waals surface area contributed by atoms with E-state index in [0.29, 0.717) is 6.04 Å². The highest BCUT2D eigenvalue weighted by Crippen LogP contribution is 2.22. The van der Waals surface area contributed by atoms with Gasteiger partial charge in [-0.05, 0) is 19.1 Å². The molecule has 67 valence electrons. The fourth-order valence-electron chi connectivity index (χ4n) is 1.61. The van der Waals surface area contributed by atoms with Crippen molar-refractivity contribution in [2.24, 2.45) is 0 Å². The van der Waals surface area contributed by atoms with Crippen LogP contribution < -0.4 is 5.01 Å². The van der Waals surface area contributed by atoms with E-state index in [2.05, 4.69) is 35.2 Å². The lowest BCUT2D eigenvalue weighted by atomic mass is 10.2. The highest BCUT2D eigenvalue weighted by Gasteiger charge is 2.20. The van der Waals surface area contributed by atoms with Crippen LogP contribution in [0.15, 0.2) is 36.5 Å². The van der Waals surface area contributed by atoms with Gasteiger partial charge in [0.2, 0.25) is 0 Å².